The number of fused-ring (bicyclic) bond motifs is 5. The topological polar surface area (TPSA) is 17.1 Å². The molecule has 0 spiro atoms. The highest BCUT2D eigenvalue weighted by molar-refractivity contribution is 7.80. The first-order valence-electron chi connectivity index (χ1n) is 9.19. The summed E-state index contributed by atoms with van der Waals surface area (Å²) in [4.78, 5) is 12.4. The lowest BCUT2D eigenvalue weighted by atomic mass is 9.47. The van der Waals surface area contributed by atoms with Crippen molar-refractivity contribution in [2.75, 3.05) is 5.75 Å². The number of allylic oxidation sites excluding steroid dienone is 3. The second kappa shape index (κ2) is 5.47. The monoisotopic (exact) mass is 334 g/mol. The summed E-state index contributed by atoms with van der Waals surface area (Å²) in [6.07, 6.45) is 11.1. The van der Waals surface area contributed by atoms with Crippen molar-refractivity contribution in [2.45, 2.75) is 58.3 Å². The maximum atomic E-state index is 13.0. The van der Waals surface area contributed by atoms with Crippen molar-refractivity contribution >= 4 is 18.4 Å². The van der Waals surface area contributed by atoms with Crippen LogP contribution in [0.3, 0.4) is 0 Å². The van der Waals surface area contributed by atoms with Crippen LogP contribution < -0.4 is 0 Å². The maximum Gasteiger partial charge on any atom is 0.139 e. The van der Waals surface area contributed by atoms with Gasteiger partial charge in [-0.1, -0.05) is 18.6 Å². The Balaban J connectivity index is 1.72. The van der Waals surface area contributed by atoms with Crippen molar-refractivity contribution in [3.05, 3.63) is 23.6 Å². The van der Waals surface area contributed by atoms with E-state index in [4.69, 9.17) is 12.6 Å². The molecular weight excluding hydrogens is 307 g/mol. The first-order chi connectivity index (χ1) is 11.0. The second-order valence-corrected chi connectivity index (χ2v) is 8.82. The van der Waals surface area contributed by atoms with Gasteiger partial charge < -0.3 is 0 Å². The highest BCUT2D eigenvalue weighted by Crippen LogP contribution is 2.65. The minimum Gasteiger partial charge on any atom is -0.299 e. The lowest BCUT2D eigenvalue weighted by molar-refractivity contribution is -0.132. The molecule has 4 aliphatic rings. The molecule has 0 saturated heterocycles. The van der Waals surface area contributed by atoms with Gasteiger partial charge in [0.1, 0.15) is 5.78 Å². The van der Waals surface area contributed by atoms with Crippen LogP contribution >= 0.6 is 12.6 Å². The minimum absolute atomic E-state index is 0.0567. The molecule has 3 saturated carbocycles. The molecule has 5 atom stereocenters. The van der Waals surface area contributed by atoms with E-state index in [1.807, 2.05) is 0 Å². The molecule has 0 aromatic heterocycles. The van der Waals surface area contributed by atoms with Gasteiger partial charge in [0.2, 0.25) is 0 Å². The highest BCUT2D eigenvalue weighted by atomic mass is 32.1. The highest BCUT2D eigenvalue weighted by Gasteiger charge is 2.59. The number of hydrogen-bond donors (Lipinski definition) is 1. The molecule has 0 aliphatic heterocycles. The molecule has 0 aromatic carbocycles. The van der Waals surface area contributed by atoms with Crippen LogP contribution in [0, 0.1) is 28.6 Å². The Morgan fingerprint density at radius 1 is 1.22 bits per heavy atom. The van der Waals surface area contributed by atoms with Crippen LogP contribution in [0.1, 0.15) is 58.3 Å². The number of halogens is 1. The van der Waals surface area contributed by atoms with E-state index < -0.39 is 0 Å². The summed E-state index contributed by atoms with van der Waals surface area (Å²) in [7, 11) is 0. The zero-order valence-electron chi connectivity index (χ0n) is 14.0. The van der Waals surface area contributed by atoms with Crippen molar-refractivity contribution < 1.29 is 9.18 Å². The molecule has 0 radical (unpaired) electrons. The second-order valence-electron chi connectivity index (χ2n) is 8.50. The zero-order valence-corrected chi connectivity index (χ0v) is 14.9. The van der Waals surface area contributed by atoms with E-state index in [1.165, 1.54) is 12.0 Å². The summed E-state index contributed by atoms with van der Waals surface area (Å²) < 4.78 is 13.0. The van der Waals surface area contributed by atoms with Gasteiger partial charge in [0.25, 0.3) is 0 Å². The lowest BCUT2D eigenvalue weighted by Crippen LogP contribution is -2.52. The van der Waals surface area contributed by atoms with E-state index in [2.05, 4.69) is 13.0 Å². The van der Waals surface area contributed by atoms with Crippen LogP contribution in [0.4, 0.5) is 4.39 Å². The third kappa shape index (κ3) is 2.08. The molecule has 126 valence electrons. The van der Waals surface area contributed by atoms with Crippen molar-refractivity contribution in [3.63, 3.8) is 0 Å². The predicted molar refractivity (Wildman–Crippen MR) is 94.1 cm³/mol. The first-order valence-corrected chi connectivity index (χ1v) is 9.83. The third-order valence-corrected chi connectivity index (χ3v) is 8.45. The molecule has 23 heavy (non-hydrogen) atoms. The van der Waals surface area contributed by atoms with Gasteiger partial charge in [0.15, 0.2) is 0 Å². The average Bonchev–Trinajstić information content (AvgIpc) is 2.89. The molecule has 0 aromatic rings. The van der Waals surface area contributed by atoms with Gasteiger partial charge in [0, 0.05) is 17.3 Å². The molecule has 0 bridgehead atoms. The molecule has 3 heteroatoms. The Morgan fingerprint density at radius 3 is 2.78 bits per heavy atom. The van der Waals surface area contributed by atoms with Crippen molar-refractivity contribution in [2.24, 2.45) is 28.6 Å². The van der Waals surface area contributed by atoms with Crippen molar-refractivity contribution in [3.8, 4) is 0 Å². The Morgan fingerprint density at radius 2 is 2.04 bits per heavy atom. The molecule has 0 heterocycles. The Hall–Kier alpha value is -0.570. The number of carbonyl (C=O) groups excluding carboxylic acids is 1. The van der Waals surface area contributed by atoms with Gasteiger partial charge in [-0.15, -0.1) is 0 Å². The van der Waals surface area contributed by atoms with E-state index in [9.17, 15) is 9.18 Å². The van der Waals surface area contributed by atoms with Crippen LogP contribution in [-0.4, -0.2) is 11.5 Å². The number of carbonyl (C=O) groups is 1. The summed E-state index contributed by atoms with van der Waals surface area (Å²) in [6.45, 7) is 2.23. The molecule has 0 unspecified atom stereocenters. The number of rotatable bonds is 1. The molecule has 0 N–H and O–H groups in total. The Bertz CT molecular complexity index is 594. The summed E-state index contributed by atoms with van der Waals surface area (Å²) in [6, 6.07) is 0. The van der Waals surface area contributed by atoms with Gasteiger partial charge >= 0.3 is 0 Å². The molecular formula is C20H27FOS. The van der Waals surface area contributed by atoms with Gasteiger partial charge in [-0.3, -0.25) is 4.79 Å². The average molecular weight is 335 g/mol. The SMILES string of the molecule is C[C@]12CC[C@@H]3[C@@H](CCC4=CC(=CF)CC[C@@]43CS)[C@@H]1CCC2=O. The molecule has 4 aliphatic carbocycles. The summed E-state index contributed by atoms with van der Waals surface area (Å²) >= 11 is 4.77. The lowest BCUT2D eigenvalue weighted by Gasteiger charge is -2.58. The molecule has 3 fully saturated rings. The fraction of sp³-hybridized carbons (Fsp3) is 0.750. The van der Waals surface area contributed by atoms with Gasteiger partial charge in [0.05, 0.1) is 6.33 Å². The largest absolute Gasteiger partial charge is 0.299 e. The predicted octanol–water partition coefficient (Wildman–Crippen LogP) is 5.28. The smallest absolute Gasteiger partial charge is 0.139 e. The first kappa shape index (κ1) is 15.9. The van der Waals surface area contributed by atoms with Crippen LogP contribution in [0.2, 0.25) is 0 Å². The minimum atomic E-state index is -0.0567. The van der Waals surface area contributed by atoms with E-state index in [-0.39, 0.29) is 10.8 Å². The van der Waals surface area contributed by atoms with E-state index in [0.717, 1.165) is 62.6 Å². The van der Waals surface area contributed by atoms with Crippen LogP contribution in [0.15, 0.2) is 23.6 Å². The van der Waals surface area contributed by atoms with E-state index in [1.54, 1.807) is 0 Å². The standard InChI is InChI=1S/C20H27FOS/c1-19-8-7-17-15(16(19)4-5-18(19)22)3-2-14-10-13(11-21)6-9-20(14,17)12-23/h10-11,15-17,23H,2-9,12H2,1H3/t15-,16-,17+,19-,20+/m0/s1. The van der Waals surface area contributed by atoms with Gasteiger partial charge in [-0.2, -0.15) is 12.6 Å². The van der Waals surface area contributed by atoms with E-state index >= 15 is 0 Å². The number of ketones is 1. The number of thiol groups is 1. The van der Waals surface area contributed by atoms with Crippen molar-refractivity contribution in [1.29, 1.82) is 0 Å². The summed E-state index contributed by atoms with van der Waals surface area (Å²) in [5.41, 5.74) is 2.40. The Kier molecular flexibility index (Phi) is 3.79. The number of Topliss-reactive ketones (excluding diaryl/α,β-unsaturated/α-hetero) is 1. The summed E-state index contributed by atoms with van der Waals surface area (Å²) in [5, 5.41) is 0. The molecule has 4 rings (SSSR count). The normalized spacial score (nSPS) is 47.8. The molecule has 1 nitrogen and oxygen atoms in total. The van der Waals surface area contributed by atoms with Gasteiger partial charge in [-0.05, 0) is 74.0 Å². The fourth-order valence-corrected chi connectivity index (χ4v) is 7.16. The van der Waals surface area contributed by atoms with Crippen molar-refractivity contribution in [1.82, 2.24) is 0 Å². The zero-order chi connectivity index (χ0) is 16.2. The maximum absolute atomic E-state index is 13.0. The Labute approximate surface area is 144 Å². The molecule has 0 amide bonds. The van der Waals surface area contributed by atoms with Crippen LogP contribution in [0.25, 0.3) is 0 Å². The van der Waals surface area contributed by atoms with Crippen LogP contribution in [0.5, 0.6) is 0 Å². The summed E-state index contributed by atoms with van der Waals surface area (Å²) in [5.74, 6) is 3.26. The fourth-order valence-electron chi connectivity index (χ4n) is 6.57. The van der Waals surface area contributed by atoms with Crippen LogP contribution in [-0.2, 0) is 4.79 Å². The number of hydrogen-bond acceptors (Lipinski definition) is 2. The third-order valence-electron chi connectivity index (χ3n) is 7.88. The van der Waals surface area contributed by atoms with Gasteiger partial charge in [-0.25, -0.2) is 4.39 Å². The van der Waals surface area contributed by atoms with E-state index in [0.29, 0.717) is 23.5 Å². The quantitative estimate of drug-likeness (QED) is 0.645.